The second kappa shape index (κ2) is 6.23. The van der Waals surface area contributed by atoms with Crippen LogP contribution in [0.25, 0.3) is 11.0 Å². The zero-order chi connectivity index (χ0) is 16.4. The van der Waals surface area contributed by atoms with E-state index in [0.29, 0.717) is 13.1 Å². The van der Waals surface area contributed by atoms with Crippen molar-refractivity contribution >= 4 is 28.7 Å². The van der Waals surface area contributed by atoms with Gasteiger partial charge in [-0.15, -0.1) is 0 Å². The fourth-order valence-corrected chi connectivity index (χ4v) is 2.93. The molecule has 4 rings (SSSR count). The molecule has 24 heavy (non-hydrogen) atoms. The maximum absolute atomic E-state index is 12.3. The molecule has 0 radical (unpaired) electrons. The van der Waals surface area contributed by atoms with Crippen molar-refractivity contribution in [3.63, 3.8) is 0 Å². The van der Waals surface area contributed by atoms with Crippen LogP contribution in [0.5, 0.6) is 0 Å². The summed E-state index contributed by atoms with van der Waals surface area (Å²) in [6, 6.07) is 17.5. The number of H-pyrrole nitrogens is 1. The molecule has 1 fully saturated rings. The van der Waals surface area contributed by atoms with Crippen LogP contribution in [0.4, 0.5) is 16.4 Å². The van der Waals surface area contributed by atoms with E-state index in [0.717, 1.165) is 35.8 Å². The Bertz CT molecular complexity index is 804. The predicted molar refractivity (Wildman–Crippen MR) is 95.3 cm³/mol. The SMILES string of the molecule is O=C(Nc1ccccc1)N1CCN(c2nc3ccccc3[nH]2)CC1. The molecule has 2 aromatic carbocycles. The predicted octanol–water partition coefficient (Wildman–Crippen LogP) is 2.92. The average molecular weight is 321 g/mol. The lowest BCUT2D eigenvalue weighted by Gasteiger charge is -2.34. The van der Waals surface area contributed by atoms with E-state index in [1.54, 1.807) is 0 Å². The van der Waals surface area contributed by atoms with Gasteiger partial charge in [-0.1, -0.05) is 30.3 Å². The number of aromatic nitrogens is 2. The number of benzene rings is 2. The van der Waals surface area contributed by atoms with Crippen molar-refractivity contribution in [2.75, 3.05) is 36.4 Å². The topological polar surface area (TPSA) is 64.3 Å². The van der Waals surface area contributed by atoms with E-state index in [1.807, 2.05) is 59.5 Å². The van der Waals surface area contributed by atoms with E-state index in [-0.39, 0.29) is 6.03 Å². The number of hydrogen-bond acceptors (Lipinski definition) is 3. The summed E-state index contributed by atoms with van der Waals surface area (Å²) in [6.45, 7) is 2.88. The number of aromatic amines is 1. The molecule has 2 N–H and O–H groups in total. The monoisotopic (exact) mass is 321 g/mol. The highest BCUT2D eigenvalue weighted by Gasteiger charge is 2.22. The fraction of sp³-hybridized carbons (Fsp3) is 0.222. The Balaban J connectivity index is 1.38. The van der Waals surface area contributed by atoms with E-state index in [4.69, 9.17) is 0 Å². The third-order valence-electron chi connectivity index (χ3n) is 4.27. The van der Waals surface area contributed by atoms with Gasteiger partial charge in [-0.25, -0.2) is 9.78 Å². The minimum Gasteiger partial charge on any atom is -0.339 e. The summed E-state index contributed by atoms with van der Waals surface area (Å²) in [5, 5.41) is 2.93. The number of para-hydroxylation sites is 3. The van der Waals surface area contributed by atoms with Crippen LogP contribution in [0.2, 0.25) is 0 Å². The molecule has 6 nitrogen and oxygen atoms in total. The number of nitrogens with zero attached hydrogens (tertiary/aromatic N) is 3. The van der Waals surface area contributed by atoms with Crippen molar-refractivity contribution < 1.29 is 4.79 Å². The molecule has 1 aromatic heterocycles. The van der Waals surface area contributed by atoms with Gasteiger partial charge in [0.25, 0.3) is 0 Å². The summed E-state index contributed by atoms with van der Waals surface area (Å²) in [4.78, 5) is 24.3. The van der Waals surface area contributed by atoms with Crippen molar-refractivity contribution in [3.8, 4) is 0 Å². The Morgan fingerprint density at radius 2 is 1.67 bits per heavy atom. The highest BCUT2D eigenvalue weighted by Crippen LogP contribution is 2.18. The molecule has 0 spiro atoms. The molecule has 2 heterocycles. The minimum atomic E-state index is -0.0505. The van der Waals surface area contributed by atoms with Crippen molar-refractivity contribution in [1.82, 2.24) is 14.9 Å². The average Bonchev–Trinajstić information content (AvgIpc) is 3.07. The number of carbonyl (C=O) groups is 1. The summed E-state index contributed by atoms with van der Waals surface area (Å²) < 4.78 is 0. The first-order valence-electron chi connectivity index (χ1n) is 8.10. The molecular formula is C18H19N5O. The molecule has 0 saturated carbocycles. The van der Waals surface area contributed by atoms with Gasteiger partial charge in [-0.3, -0.25) is 0 Å². The Morgan fingerprint density at radius 1 is 0.958 bits per heavy atom. The van der Waals surface area contributed by atoms with Crippen LogP contribution in [0, 0.1) is 0 Å². The first-order valence-corrected chi connectivity index (χ1v) is 8.10. The lowest BCUT2D eigenvalue weighted by Crippen LogP contribution is -2.50. The third-order valence-corrected chi connectivity index (χ3v) is 4.27. The standard InChI is InChI=1S/C18H19N5O/c24-18(19-14-6-2-1-3-7-14)23-12-10-22(11-13-23)17-20-15-8-4-5-9-16(15)21-17/h1-9H,10-13H2,(H,19,24)(H,20,21). The molecule has 2 amide bonds. The zero-order valence-corrected chi connectivity index (χ0v) is 13.3. The molecule has 0 bridgehead atoms. The van der Waals surface area contributed by atoms with E-state index in [9.17, 15) is 4.79 Å². The third kappa shape index (κ3) is 2.90. The Labute approximate surface area is 140 Å². The van der Waals surface area contributed by atoms with E-state index in [2.05, 4.69) is 20.2 Å². The van der Waals surface area contributed by atoms with Gasteiger partial charge in [-0.05, 0) is 24.3 Å². The number of urea groups is 1. The lowest BCUT2D eigenvalue weighted by molar-refractivity contribution is 0.208. The van der Waals surface area contributed by atoms with Gasteiger partial charge in [0.1, 0.15) is 0 Å². The van der Waals surface area contributed by atoms with Crippen LogP contribution in [0.15, 0.2) is 54.6 Å². The van der Waals surface area contributed by atoms with Gasteiger partial charge in [0.05, 0.1) is 11.0 Å². The van der Waals surface area contributed by atoms with Crippen LogP contribution in [0.1, 0.15) is 0 Å². The van der Waals surface area contributed by atoms with Crippen molar-refractivity contribution in [2.45, 2.75) is 0 Å². The summed E-state index contributed by atoms with van der Waals surface area (Å²) in [7, 11) is 0. The number of piperazine rings is 1. The normalized spacial score (nSPS) is 14.8. The quantitative estimate of drug-likeness (QED) is 0.763. The first-order chi connectivity index (χ1) is 11.8. The second-order valence-corrected chi connectivity index (χ2v) is 5.85. The molecule has 0 aliphatic carbocycles. The minimum absolute atomic E-state index is 0.0505. The zero-order valence-electron chi connectivity index (χ0n) is 13.3. The smallest absolute Gasteiger partial charge is 0.321 e. The second-order valence-electron chi connectivity index (χ2n) is 5.85. The number of carbonyl (C=O) groups excluding carboxylic acids is 1. The summed E-state index contributed by atoms with van der Waals surface area (Å²) in [5.74, 6) is 0.874. The maximum atomic E-state index is 12.3. The molecule has 1 aliphatic heterocycles. The van der Waals surface area contributed by atoms with Crippen molar-refractivity contribution in [3.05, 3.63) is 54.6 Å². The number of anilines is 2. The summed E-state index contributed by atoms with van der Waals surface area (Å²) in [5.41, 5.74) is 2.83. The number of nitrogens with one attached hydrogen (secondary N) is 2. The molecule has 122 valence electrons. The Morgan fingerprint density at radius 3 is 2.42 bits per heavy atom. The largest absolute Gasteiger partial charge is 0.339 e. The highest BCUT2D eigenvalue weighted by molar-refractivity contribution is 5.89. The highest BCUT2D eigenvalue weighted by atomic mass is 16.2. The number of imidazole rings is 1. The number of hydrogen-bond donors (Lipinski definition) is 2. The van der Waals surface area contributed by atoms with Gasteiger partial charge in [0, 0.05) is 31.9 Å². The first kappa shape index (κ1) is 14.6. The molecule has 3 aromatic rings. The van der Waals surface area contributed by atoms with Crippen LogP contribution >= 0.6 is 0 Å². The van der Waals surface area contributed by atoms with Gasteiger partial charge >= 0.3 is 6.03 Å². The van der Waals surface area contributed by atoms with Gasteiger partial charge < -0.3 is 20.1 Å². The van der Waals surface area contributed by atoms with Crippen molar-refractivity contribution in [1.29, 1.82) is 0 Å². The molecule has 0 atom stereocenters. The lowest BCUT2D eigenvalue weighted by atomic mass is 10.3. The maximum Gasteiger partial charge on any atom is 0.321 e. The molecule has 0 unspecified atom stereocenters. The van der Waals surface area contributed by atoms with E-state index in [1.165, 1.54) is 0 Å². The van der Waals surface area contributed by atoms with Crippen LogP contribution in [-0.2, 0) is 0 Å². The number of fused-ring (bicyclic) bond motifs is 1. The summed E-state index contributed by atoms with van der Waals surface area (Å²) >= 11 is 0. The van der Waals surface area contributed by atoms with Crippen LogP contribution in [0.3, 0.4) is 0 Å². The van der Waals surface area contributed by atoms with E-state index < -0.39 is 0 Å². The Hall–Kier alpha value is -3.02. The number of amides is 2. The Kier molecular flexibility index (Phi) is 3.78. The molecule has 6 heteroatoms. The summed E-state index contributed by atoms with van der Waals surface area (Å²) in [6.07, 6.45) is 0. The van der Waals surface area contributed by atoms with Crippen molar-refractivity contribution in [2.24, 2.45) is 0 Å². The van der Waals surface area contributed by atoms with E-state index >= 15 is 0 Å². The molecular weight excluding hydrogens is 302 g/mol. The fourth-order valence-electron chi connectivity index (χ4n) is 2.93. The number of rotatable bonds is 2. The van der Waals surface area contributed by atoms with Gasteiger partial charge in [0.2, 0.25) is 5.95 Å². The van der Waals surface area contributed by atoms with Crippen LogP contribution in [-0.4, -0.2) is 47.1 Å². The molecule has 1 saturated heterocycles. The van der Waals surface area contributed by atoms with Crippen LogP contribution < -0.4 is 10.2 Å². The molecule has 1 aliphatic rings. The van der Waals surface area contributed by atoms with Gasteiger partial charge in [0.15, 0.2) is 0 Å². The van der Waals surface area contributed by atoms with Gasteiger partial charge in [-0.2, -0.15) is 0 Å².